The first kappa shape index (κ1) is 12.5. The van der Waals surface area contributed by atoms with Crippen molar-refractivity contribution in [3.63, 3.8) is 0 Å². The Bertz CT molecular complexity index is 384. The second-order valence-electron chi connectivity index (χ2n) is 4.50. The summed E-state index contributed by atoms with van der Waals surface area (Å²) in [5.41, 5.74) is 0.898. The molecule has 5 heteroatoms. The number of aromatic nitrogens is 1. The van der Waals surface area contributed by atoms with Crippen molar-refractivity contribution >= 4 is 17.2 Å². The predicted molar refractivity (Wildman–Crippen MR) is 67.3 cm³/mol. The number of rotatable bonds is 3. The molecule has 2 rings (SSSR count). The monoisotopic (exact) mass is 254 g/mol. The summed E-state index contributed by atoms with van der Waals surface area (Å²) in [5, 5.41) is 3.10. The van der Waals surface area contributed by atoms with E-state index < -0.39 is 0 Å². The Morgan fingerprint density at radius 2 is 2.24 bits per heavy atom. The first-order valence-electron chi connectivity index (χ1n) is 5.96. The normalized spacial score (nSPS) is 16.5. The lowest BCUT2D eigenvalue weighted by molar-refractivity contribution is -0.134. The molecule has 0 spiro atoms. The van der Waals surface area contributed by atoms with Crippen LogP contribution < -0.4 is 0 Å². The van der Waals surface area contributed by atoms with Crippen LogP contribution in [0.25, 0.3) is 0 Å². The molecule has 1 amide bonds. The molecular weight excluding hydrogens is 236 g/mol. The van der Waals surface area contributed by atoms with E-state index in [4.69, 9.17) is 4.74 Å². The number of carbonyl (C=O) groups excluding carboxylic acids is 1. The molecule has 1 aromatic heterocycles. The lowest BCUT2D eigenvalue weighted by Crippen LogP contribution is -2.41. The van der Waals surface area contributed by atoms with Gasteiger partial charge in [-0.3, -0.25) is 4.79 Å². The molecule has 0 saturated carbocycles. The van der Waals surface area contributed by atoms with Gasteiger partial charge in [-0.05, 0) is 0 Å². The average molecular weight is 254 g/mol. The number of carbonyl (C=O) groups is 1. The van der Waals surface area contributed by atoms with E-state index in [2.05, 4.69) is 18.8 Å². The van der Waals surface area contributed by atoms with E-state index in [1.54, 1.807) is 11.3 Å². The molecule has 4 nitrogen and oxygen atoms in total. The molecule has 0 aromatic carbocycles. The fourth-order valence-corrected chi connectivity index (χ4v) is 2.58. The maximum Gasteiger partial charge on any atom is 0.228 e. The molecule has 0 unspecified atom stereocenters. The van der Waals surface area contributed by atoms with E-state index in [0.29, 0.717) is 38.6 Å². The Morgan fingerprint density at radius 3 is 2.82 bits per heavy atom. The van der Waals surface area contributed by atoms with Crippen molar-refractivity contribution < 1.29 is 9.53 Å². The zero-order chi connectivity index (χ0) is 12.3. The minimum Gasteiger partial charge on any atom is -0.378 e. The Morgan fingerprint density at radius 1 is 1.53 bits per heavy atom. The Kier molecular flexibility index (Phi) is 4.12. The van der Waals surface area contributed by atoms with Gasteiger partial charge >= 0.3 is 0 Å². The maximum absolute atomic E-state index is 12.0. The average Bonchev–Trinajstić information content (AvgIpc) is 2.79. The van der Waals surface area contributed by atoms with Gasteiger partial charge in [0.25, 0.3) is 0 Å². The van der Waals surface area contributed by atoms with E-state index in [1.807, 2.05) is 10.3 Å². The molecule has 0 radical (unpaired) electrons. The van der Waals surface area contributed by atoms with E-state index >= 15 is 0 Å². The number of ether oxygens (including phenoxy) is 1. The quantitative estimate of drug-likeness (QED) is 0.824. The third-order valence-corrected chi connectivity index (χ3v) is 3.95. The molecule has 1 aliphatic heterocycles. The second kappa shape index (κ2) is 5.60. The topological polar surface area (TPSA) is 42.4 Å². The van der Waals surface area contributed by atoms with E-state index in [9.17, 15) is 4.79 Å². The second-order valence-corrected chi connectivity index (χ2v) is 5.39. The van der Waals surface area contributed by atoms with Crippen LogP contribution in [0, 0.1) is 0 Å². The van der Waals surface area contributed by atoms with Gasteiger partial charge in [-0.2, -0.15) is 0 Å². The summed E-state index contributed by atoms with van der Waals surface area (Å²) >= 11 is 1.64. The summed E-state index contributed by atoms with van der Waals surface area (Å²) < 4.78 is 5.23. The van der Waals surface area contributed by atoms with Crippen LogP contribution in [-0.4, -0.2) is 42.1 Å². The molecule has 0 aliphatic carbocycles. The van der Waals surface area contributed by atoms with Gasteiger partial charge in [-0.15, -0.1) is 11.3 Å². The van der Waals surface area contributed by atoms with E-state index in [-0.39, 0.29) is 5.91 Å². The van der Waals surface area contributed by atoms with Crippen LogP contribution in [0.15, 0.2) is 5.38 Å². The summed E-state index contributed by atoms with van der Waals surface area (Å²) in [7, 11) is 0. The largest absolute Gasteiger partial charge is 0.378 e. The van der Waals surface area contributed by atoms with Gasteiger partial charge in [0.2, 0.25) is 5.91 Å². The molecule has 0 bridgehead atoms. The number of amides is 1. The molecule has 1 aliphatic rings. The van der Waals surface area contributed by atoms with Crippen LogP contribution in [-0.2, 0) is 16.0 Å². The molecule has 17 heavy (non-hydrogen) atoms. The first-order chi connectivity index (χ1) is 8.16. The van der Waals surface area contributed by atoms with Gasteiger partial charge in [0.1, 0.15) is 0 Å². The highest BCUT2D eigenvalue weighted by molar-refractivity contribution is 7.09. The minimum absolute atomic E-state index is 0.161. The maximum atomic E-state index is 12.0. The molecule has 1 fully saturated rings. The molecule has 0 atom stereocenters. The van der Waals surface area contributed by atoms with Gasteiger partial charge in [-0.25, -0.2) is 4.98 Å². The minimum atomic E-state index is 0.161. The number of morpholine rings is 1. The predicted octanol–water partition coefficient (Wildman–Crippen LogP) is 1.67. The fourth-order valence-electron chi connectivity index (χ4n) is 1.75. The van der Waals surface area contributed by atoms with Crippen molar-refractivity contribution in [2.45, 2.75) is 26.2 Å². The molecule has 1 aromatic rings. The van der Waals surface area contributed by atoms with Crippen molar-refractivity contribution in [3.8, 4) is 0 Å². The van der Waals surface area contributed by atoms with Crippen molar-refractivity contribution in [1.82, 2.24) is 9.88 Å². The molecule has 2 heterocycles. The number of hydrogen-bond acceptors (Lipinski definition) is 4. The van der Waals surface area contributed by atoms with Gasteiger partial charge in [-0.1, -0.05) is 13.8 Å². The zero-order valence-corrected chi connectivity index (χ0v) is 11.1. The zero-order valence-electron chi connectivity index (χ0n) is 10.3. The fraction of sp³-hybridized carbons (Fsp3) is 0.667. The van der Waals surface area contributed by atoms with Crippen molar-refractivity contribution in [3.05, 3.63) is 16.1 Å². The first-order valence-corrected chi connectivity index (χ1v) is 6.84. The van der Waals surface area contributed by atoms with E-state index in [0.717, 1.165) is 10.7 Å². The summed E-state index contributed by atoms with van der Waals surface area (Å²) in [6.07, 6.45) is 0.420. The summed E-state index contributed by atoms with van der Waals surface area (Å²) in [6, 6.07) is 0. The summed E-state index contributed by atoms with van der Waals surface area (Å²) in [5.74, 6) is 0.598. The Labute approximate surface area is 106 Å². The van der Waals surface area contributed by atoms with Gasteiger partial charge < -0.3 is 9.64 Å². The molecule has 94 valence electrons. The standard InChI is InChI=1S/C12H18N2O2S/c1-9(2)12-13-10(8-17-12)7-11(15)14-3-5-16-6-4-14/h8-9H,3-7H2,1-2H3. The summed E-state index contributed by atoms with van der Waals surface area (Å²) in [6.45, 7) is 6.96. The van der Waals surface area contributed by atoms with Crippen LogP contribution >= 0.6 is 11.3 Å². The lowest BCUT2D eigenvalue weighted by atomic mass is 10.2. The number of nitrogens with zero attached hydrogens (tertiary/aromatic N) is 2. The number of hydrogen-bond donors (Lipinski definition) is 0. The molecule has 1 saturated heterocycles. The van der Waals surface area contributed by atoms with Gasteiger partial charge in [0.15, 0.2) is 0 Å². The van der Waals surface area contributed by atoms with Crippen LogP contribution in [0.3, 0.4) is 0 Å². The third-order valence-electron chi connectivity index (χ3n) is 2.76. The van der Waals surface area contributed by atoms with Crippen molar-refractivity contribution in [1.29, 1.82) is 0 Å². The van der Waals surface area contributed by atoms with Gasteiger partial charge in [0.05, 0.1) is 30.3 Å². The Hall–Kier alpha value is -0.940. The van der Waals surface area contributed by atoms with E-state index in [1.165, 1.54) is 0 Å². The Balaban J connectivity index is 1.92. The van der Waals surface area contributed by atoms with Crippen LogP contribution in [0.2, 0.25) is 0 Å². The SMILES string of the molecule is CC(C)c1nc(CC(=O)N2CCOCC2)cs1. The van der Waals surface area contributed by atoms with Crippen LogP contribution in [0.4, 0.5) is 0 Å². The number of thiazole rings is 1. The van der Waals surface area contributed by atoms with Crippen molar-refractivity contribution in [2.75, 3.05) is 26.3 Å². The van der Waals surface area contributed by atoms with Crippen LogP contribution in [0.5, 0.6) is 0 Å². The lowest BCUT2D eigenvalue weighted by Gasteiger charge is -2.26. The smallest absolute Gasteiger partial charge is 0.228 e. The van der Waals surface area contributed by atoms with Crippen molar-refractivity contribution in [2.24, 2.45) is 0 Å². The summed E-state index contributed by atoms with van der Waals surface area (Å²) in [4.78, 5) is 18.3. The molecule has 0 N–H and O–H groups in total. The molecular formula is C12H18N2O2S. The van der Waals surface area contributed by atoms with Gasteiger partial charge in [0, 0.05) is 24.4 Å². The highest BCUT2D eigenvalue weighted by atomic mass is 32.1. The third kappa shape index (κ3) is 3.26. The van der Waals surface area contributed by atoms with Crippen LogP contribution in [0.1, 0.15) is 30.5 Å². The highest BCUT2D eigenvalue weighted by Gasteiger charge is 2.18. The highest BCUT2D eigenvalue weighted by Crippen LogP contribution is 2.19.